The van der Waals surface area contributed by atoms with Crippen LogP contribution in [0.2, 0.25) is 0 Å². The maximum absolute atomic E-state index is 13.5. The number of carbonyl (C=O) groups is 3. The van der Waals surface area contributed by atoms with Crippen molar-refractivity contribution in [2.24, 2.45) is 0 Å². The number of hydrogen-bond acceptors (Lipinski definition) is 6. The zero-order valence-corrected chi connectivity index (χ0v) is 23.3. The normalized spacial score (nSPS) is 23.1. The Morgan fingerprint density at radius 2 is 1.61 bits per heavy atom. The zero-order valence-electron chi connectivity index (χ0n) is 23.3. The number of likely N-dealkylation sites (tertiary alicyclic amines) is 1. The molecule has 0 saturated carbocycles. The number of nitrogens with one attached hydrogen (secondary N) is 1. The summed E-state index contributed by atoms with van der Waals surface area (Å²) < 4.78 is 17.4. The molecule has 1 heterocycles. The summed E-state index contributed by atoms with van der Waals surface area (Å²) in [6.07, 6.45) is 0.961. The molecular weight excluding hydrogens is 484 g/mol. The minimum Gasteiger partial charge on any atom is -0.458 e. The Hall–Kier alpha value is -3.39. The van der Waals surface area contributed by atoms with Crippen LogP contribution in [0.3, 0.4) is 0 Å². The summed E-state index contributed by atoms with van der Waals surface area (Å²) in [4.78, 5) is 41.0. The second-order valence-corrected chi connectivity index (χ2v) is 12.1. The van der Waals surface area contributed by atoms with Crippen molar-refractivity contribution in [2.75, 3.05) is 6.54 Å². The summed E-state index contributed by atoms with van der Waals surface area (Å²) in [5.41, 5.74) is -0.993. The van der Waals surface area contributed by atoms with Crippen molar-refractivity contribution in [1.82, 2.24) is 10.2 Å². The molecule has 0 spiro atoms. The number of amides is 2. The van der Waals surface area contributed by atoms with Crippen LogP contribution in [0.5, 0.6) is 0 Å². The van der Waals surface area contributed by atoms with Gasteiger partial charge in [0.2, 0.25) is 5.91 Å². The lowest BCUT2D eigenvalue weighted by atomic mass is 10.1. The number of rotatable bonds is 6. The first kappa shape index (κ1) is 27.6. The highest BCUT2D eigenvalue weighted by atomic mass is 16.6. The van der Waals surface area contributed by atoms with Gasteiger partial charge in [0.25, 0.3) is 0 Å². The molecule has 2 aromatic carbocycles. The fraction of sp³-hybridized carbons (Fsp3) is 0.500. The molecule has 2 aromatic rings. The predicted molar refractivity (Wildman–Crippen MR) is 144 cm³/mol. The molecule has 0 radical (unpaired) electrons. The summed E-state index contributed by atoms with van der Waals surface area (Å²) in [6.45, 7) is 13.0. The average molecular weight is 523 g/mol. The third kappa shape index (κ3) is 6.18. The number of nitrogens with zero attached hydrogens (tertiary/aromatic N) is 1. The van der Waals surface area contributed by atoms with Gasteiger partial charge in [-0.25, -0.2) is 9.59 Å². The van der Waals surface area contributed by atoms with Crippen molar-refractivity contribution >= 4 is 28.7 Å². The molecule has 8 nitrogen and oxygen atoms in total. The van der Waals surface area contributed by atoms with Gasteiger partial charge >= 0.3 is 12.1 Å². The molecule has 204 valence electrons. The van der Waals surface area contributed by atoms with Gasteiger partial charge < -0.3 is 19.5 Å². The van der Waals surface area contributed by atoms with Crippen LogP contribution in [0, 0.1) is 0 Å². The van der Waals surface area contributed by atoms with Crippen LogP contribution in [0.15, 0.2) is 54.1 Å². The quantitative estimate of drug-likeness (QED) is 0.429. The van der Waals surface area contributed by atoms with Gasteiger partial charge in [0, 0.05) is 6.42 Å². The van der Waals surface area contributed by atoms with Crippen LogP contribution in [0.4, 0.5) is 4.79 Å². The van der Waals surface area contributed by atoms with Crippen LogP contribution in [0.1, 0.15) is 60.5 Å². The molecule has 0 aromatic heterocycles. The third-order valence-electron chi connectivity index (χ3n) is 6.56. The van der Waals surface area contributed by atoms with E-state index in [0.29, 0.717) is 12.2 Å². The van der Waals surface area contributed by atoms with Crippen LogP contribution >= 0.6 is 0 Å². The molecule has 2 amide bonds. The fourth-order valence-corrected chi connectivity index (χ4v) is 4.65. The Kier molecular flexibility index (Phi) is 7.32. The third-order valence-corrected chi connectivity index (χ3v) is 6.56. The summed E-state index contributed by atoms with van der Waals surface area (Å²) >= 11 is 0. The van der Waals surface area contributed by atoms with E-state index >= 15 is 0 Å². The number of esters is 1. The maximum Gasteiger partial charge on any atom is 0.411 e. The molecule has 1 aliphatic heterocycles. The SMILES string of the molecule is CC1=C[C@]1(NC(=O)[C@@H]1C[C@@H](OCc2cccc3ccccc23)CN1C(=O)OC(C)(C)C)C(=O)OC(C)(C)C. The topological polar surface area (TPSA) is 94.2 Å². The average Bonchev–Trinajstić information content (AvgIpc) is 3.26. The second kappa shape index (κ2) is 10.1. The maximum atomic E-state index is 13.5. The lowest BCUT2D eigenvalue weighted by molar-refractivity contribution is -0.159. The van der Waals surface area contributed by atoms with Gasteiger partial charge in [0.1, 0.15) is 17.2 Å². The summed E-state index contributed by atoms with van der Waals surface area (Å²) in [5.74, 6) is -0.993. The molecule has 4 rings (SSSR count). The Morgan fingerprint density at radius 3 is 2.24 bits per heavy atom. The molecular formula is C30H38N2O6. The van der Waals surface area contributed by atoms with E-state index in [1.54, 1.807) is 54.5 Å². The minimum absolute atomic E-state index is 0.198. The first-order valence-electron chi connectivity index (χ1n) is 13.0. The van der Waals surface area contributed by atoms with E-state index < -0.39 is 40.8 Å². The van der Waals surface area contributed by atoms with E-state index in [9.17, 15) is 14.4 Å². The van der Waals surface area contributed by atoms with Gasteiger partial charge in [0.15, 0.2) is 5.54 Å². The molecule has 2 aliphatic rings. The standard InChI is InChI=1S/C30H38N2O6/c1-19-16-30(19,26(34)37-28(2,3)4)31-25(33)24-15-22(17-32(24)27(35)38-29(5,6)7)36-18-21-13-10-12-20-11-8-9-14-23(20)21/h8-14,16,22,24H,15,17-18H2,1-7H3,(H,31,33)/t22-,24+,30-/m1/s1. The van der Waals surface area contributed by atoms with E-state index in [1.165, 1.54) is 4.90 Å². The van der Waals surface area contributed by atoms with Crippen LogP contribution in [-0.4, -0.2) is 58.3 Å². The molecule has 1 aliphatic carbocycles. The predicted octanol–water partition coefficient (Wildman–Crippen LogP) is 4.89. The summed E-state index contributed by atoms with van der Waals surface area (Å²) in [7, 11) is 0. The van der Waals surface area contributed by atoms with Crippen molar-refractivity contribution in [2.45, 2.75) is 90.4 Å². The molecule has 0 bridgehead atoms. The Balaban J connectivity index is 1.50. The fourth-order valence-electron chi connectivity index (χ4n) is 4.65. The number of carbonyl (C=O) groups excluding carboxylic acids is 3. The van der Waals surface area contributed by atoms with Crippen LogP contribution < -0.4 is 5.32 Å². The molecule has 0 unspecified atom stereocenters. The molecule has 38 heavy (non-hydrogen) atoms. The molecule has 3 atom stereocenters. The van der Waals surface area contributed by atoms with Crippen molar-refractivity contribution in [1.29, 1.82) is 0 Å². The van der Waals surface area contributed by atoms with Gasteiger partial charge in [-0.2, -0.15) is 0 Å². The number of hydrogen-bond donors (Lipinski definition) is 1. The molecule has 8 heteroatoms. The number of ether oxygens (including phenoxy) is 3. The summed E-state index contributed by atoms with van der Waals surface area (Å²) in [5, 5.41) is 5.05. The van der Waals surface area contributed by atoms with E-state index in [0.717, 1.165) is 16.3 Å². The Bertz CT molecular complexity index is 1270. The van der Waals surface area contributed by atoms with Gasteiger partial charge in [0.05, 0.1) is 19.3 Å². The first-order chi connectivity index (χ1) is 17.7. The monoisotopic (exact) mass is 522 g/mol. The largest absolute Gasteiger partial charge is 0.458 e. The van der Waals surface area contributed by atoms with E-state index in [1.807, 2.05) is 42.5 Å². The zero-order chi connectivity index (χ0) is 27.9. The van der Waals surface area contributed by atoms with Crippen LogP contribution in [-0.2, 0) is 30.4 Å². The van der Waals surface area contributed by atoms with E-state index in [-0.39, 0.29) is 19.1 Å². The number of benzene rings is 2. The second-order valence-electron chi connectivity index (χ2n) is 12.1. The minimum atomic E-state index is -1.29. The van der Waals surface area contributed by atoms with Crippen molar-refractivity contribution in [3.8, 4) is 0 Å². The molecule has 1 N–H and O–H groups in total. The van der Waals surface area contributed by atoms with Crippen molar-refractivity contribution in [3.05, 3.63) is 59.7 Å². The Labute approximate surface area is 224 Å². The Morgan fingerprint density at radius 1 is 0.974 bits per heavy atom. The van der Waals surface area contributed by atoms with Gasteiger partial charge in [-0.05, 0) is 76.5 Å². The van der Waals surface area contributed by atoms with Gasteiger partial charge in [-0.1, -0.05) is 42.5 Å². The smallest absolute Gasteiger partial charge is 0.411 e. The highest BCUT2D eigenvalue weighted by Crippen LogP contribution is 2.37. The lowest BCUT2D eigenvalue weighted by Gasteiger charge is -2.30. The highest BCUT2D eigenvalue weighted by Gasteiger charge is 2.54. The first-order valence-corrected chi connectivity index (χ1v) is 13.0. The lowest BCUT2D eigenvalue weighted by Crippen LogP contribution is -2.55. The summed E-state index contributed by atoms with van der Waals surface area (Å²) in [6, 6.07) is 13.3. The van der Waals surface area contributed by atoms with Gasteiger partial charge in [-0.15, -0.1) is 0 Å². The van der Waals surface area contributed by atoms with Gasteiger partial charge in [-0.3, -0.25) is 9.69 Å². The van der Waals surface area contributed by atoms with E-state index in [2.05, 4.69) is 5.32 Å². The molecule has 1 saturated heterocycles. The van der Waals surface area contributed by atoms with Crippen molar-refractivity contribution in [3.63, 3.8) is 0 Å². The van der Waals surface area contributed by atoms with E-state index in [4.69, 9.17) is 14.2 Å². The number of fused-ring (bicyclic) bond motifs is 1. The van der Waals surface area contributed by atoms with Crippen LogP contribution in [0.25, 0.3) is 10.8 Å². The van der Waals surface area contributed by atoms with Crippen molar-refractivity contribution < 1.29 is 28.6 Å². The highest BCUT2D eigenvalue weighted by molar-refractivity contribution is 6.00. The molecule has 1 fully saturated rings.